The largest absolute Gasteiger partial charge is 0.497 e. The third-order valence-corrected chi connectivity index (χ3v) is 1.42. The Kier molecular flexibility index (Phi) is 2.44. The van der Waals surface area contributed by atoms with Crippen molar-refractivity contribution in [2.45, 2.75) is 6.61 Å². The first-order chi connectivity index (χ1) is 5.27. The van der Waals surface area contributed by atoms with Crippen LogP contribution in [-0.2, 0) is 6.61 Å². The molecule has 2 nitrogen and oxygen atoms in total. The lowest BCUT2D eigenvalue weighted by Gasteiger charge is -2.02. The van der Waals surface area contributed by atoms with Crippen LogP contribution < -0.4 is 4.74 Å². The summed E-state index contributed by atoms with van der Waals surface area (Å²) >= 11 is 0. The van der Waals surface area contributed by atoms with Gasteiger partial charge in [-0.05, 0) is 18.2 Å². The number of benzene rings is 1. The van der Waals surface area contributed by atoms with E-state index >= 15 is 0 Å². The maximum atomic E-state index is 12.7. The summed E-state index contributed by atoms with van der Waals surface area (Å²) in [5.74, 6) is 0.142. The number of rotatable bonds is 2. The number of halogens is 1. The van der Waals surface area contributed by atoms with Crippen molar-refractivity contribution in [2.75, 3.05) is 7.11 Å². The van der Waals surface area contributed by atoms with Crippen LogP contribution in [0.25, 0.3) is 0 Å². The lowest BCUT2D eigenvalue weighted by Crippen LogP contribution is -1.91. The van der Waals surface area contributed by atoms with Gasteiger partial charge < -0.3 is 9.84 Å². The molecule has 0 heterocycles. The van der Waals surface area contributed by atoms with Crippen molar-refractivity contribution >= 4 is 0 Å². The highest BCUT2D eigenvalue weighted by Gasteiger charge is 2.01. The summed E-state index contributed by atoms with van der Waals surface area (Å²) in [4.78, 5) is 0. The van der Waals surface area contributed by atoms with Gasteiger partial charge in [0.05, 0.1) is 13.7 Å². The normalized spacial score (nSPS) is 9.73. The highest BCUT2D eigenvalue weighted by Crippen LogP contribution is 2.15. The molecule has 0 aromatic heterocycles. The summed E-state index contributed by atoms with van der Waals surface area (Å²) in [6, 6.07) is 4.24. The van der Waals surface area contributed by atoms with Crippen molar-refractivity contribution in [2.24, 2.45) is 0 Å². The Labute approximate surface area is 64.2 Å². The van der Waals surface area contributed by atoms with E-state index < -0.39 is 5.82 Å². The Morgan fingerprint density at radius 3 is 2.82 bits per heavy atom. The monoisotopic (exact) mass is 156 g/mol. The molecule has 0 aliphatic carbocycles. The number of hydrogen-bond acceptors (Lipinski definition) is 2. The molecule has 11 heavy (non-hydrogen) atoms. The standard InChI is InChI=1S/C8H9FO2/c1-11-7-2-3-8(9)6(4-7)5-10/h2-4,10H,5H2,1H3. The van der Waals surface area contributed by atoms with Gasteiger partial charge in [0.25, 0.3) is 0 Å². The zero-order valence-corrected chi connectivity index (χ0v) is 6.17. The molecule has 1 aromatic rings. The number of ether oxygens (including phenoxy) is 1. The Morgan fingerprint density at radius 1 is 1.55 bits per heavy atom. The molecule has 0 amide bonds. The van der Waals surface area contributed by atoms with Gasteiger partial charge in [0, 0.05) is 5.56 Å². The minimum Gasteiger partial charge on any atom is -0.497 e. The highest BCUT2D eigenvalue weighted by molar-refractivity contribution is 5.29. The van der Waals surface area contributed by atoms with E-state index in [1.54, 1.807) is 0 Å². The van der Waals surface area contributed by atoms with Gasteiger partial charge in [-0.1, -0.05) is 0 Å². The minimum atomic E-state index is -0.409. The second kappa shape index (κ2) is 3.34. The molecule has 0 aliphatic heterocycles. The summed E-state index contributed by atoms with van der Waals surface area (Å²) < 4.78 is 17.5. The Bertz CT molecular complexity index is 248. The van der Waals surface area contributed by atoms with Gasteiger partial charge in [-0.2, -0.15) is 0 Å². The van der Waals surface area contributed by atoms with Crippen molar-refractivity contribution in [3.8, 4) is 5.75 Å². The summed E-state index contributed by atoms with van der Waals surface area (Å²) in [5.41, 5.74) is 0.254. The quantitative estimate of drug-likeness (QED) is 0.699. The molecule has 0 unspecified atom stereocenters. The van der Waals surface area contributed by atoms with E-state index in [1.807, 2.05) is 0 Å². The average molecular weight is 156 g/mol. The zero-order valence-electron chi connectivity index (χ0n) is 6.17. The van der Waals surface area contributed by atoms with Crippen LogP contribution in [0, 0.1) is 5.82 Å². The molecule has 0 bridgehead atoms. The Balaban J connectivity index is 3.02. The molecule has 3 heteroatoms. The molecule has 1 N–H and O–H groups in total. The van der Waals surface area contributed by atoms with Crippen LogP contribution in [0.4, 0.5) is 4.39 Å². The van der Waals surface area contributed by atoms with E-state index in [0.29, 0.717) is 5.75 Å². The van der Waals surface area contributed by atoms with Crippen LogP contribution in [0.15, 0.2) is 18.2 Å². The van der Waals surface area contributed by atoms with Gasteiger partial charge in [-0.25, -0.2) is 4.39 Å². The molecule has 0 saturated carbocycles. The number of methoxy groups -OCH3 is 1. The highest BCUT2D eigenvalue weighted by atomic mass is 19.1. The fourth-order valence-corrected chi connectivity index (χ4v) is 0.799. The summed E-state index contributed by atoms with van der Waals surface area (Å²) in [5, 5.41) is 8.64. The first-order valence-corrected chi connectivity index (χ1v) is 3.21. The third-order valence-electron chi connectivity index (χ3n) is 1.42. The van der Waals surface area contributed by atoms with Crippen molar-refractivity contribution in [1.82, 2.24) is 0 Å². The predicted octanol–water partition coefficient (Wildman–Crippen LogP) is 1.33. The molecule has 1 aromatic carbocycles. The van der Waals surface area contributed by atoms with Gasteiger partial charge in [-0.15, -0.1) is 0 Å². The van der Waals surface area contributed by atoms with Crippen molar-refractivity contribution < 1.29 is 14.2 Å². The molecule has 0 fully saturated rings. The van der Waals surface area contributed by atoms with E-state index in [9.17, 15) is 4.39 Å². The van der Waals surface area contributed by atoms with Crippen LogP contribution in [0.5, 0.6) is 5.75 Å². The second-order valence-corrected chi connectivity index (χ2v) is 2.12. The maximum absolute atomic E-state index is 12.7. The lowest BCUT2D eigenvalue weighted by molar-refractivity contribution is 0.274. The van der Waals surface area contributed by atoms with Gasteiger partial charge in [0.2, 0.25) is 0 Å². The number of aliphatic hydroxyl groups is 1. The van der Waals surface area contributed by atoms with Crippen LogP contribution >= 0.6 is 0 Å². The molecular formula is C8H9FO2. The van der Waals surface area contributed by atoms with Crippen molar-refractivity contribution in [3.63, 3.8) is 0 Å². The van der Waals surface area contributed by atoms with E-state index in [0.717, 1.165) is 0 Å². The van der Waals surface area contributed by atoms with Gasteiger partial charge >= 0.3 is 0 Å². The molecule has 60 valence electrons. The van der Waals surface area contributed by atoms with Crippen molar-refractivity contribution in [3.05, 3.63) is 29.6 Å². The summed E-state index contributed by atoms with van der Waals surface area (Å²) in [6.07, 6.45) is 0. The topological polar surface area (TPSA) is 29.5 Å². The first-order valence-electron chi connectivity index (χ1n) is 3.21. The van der Waals surface area contributed by atoms with Crippen LogP contribution in [-0.4, -0.2) is 12.2 Å². The molecule has 0 atom stereocenters. The van der Waals surface area contributed by atoms with Crippen LogP contribution in [0.3, 0.4) is 0 Å². The summed E-state index contributed by atoms with van der Waals surface area (Å²) in [6.45, 7) is -0.303. The lowest BCUT2D eigenvalue weighted by atomic mass is 10.2. The molecule has 1 rings (SSSR count). The SMILES string of the molecule is COc1ccc(F)c(CO)c1. The molecule has 0 radical (unpaired) electrons. The van der Waals surface area contributed by atoms with Gasteiger partial charge in [0.1, 0.15) is 11.6 Å². The van der Waals surface area contributed by atoms with Crippen LogP contribution in [0.1, 0.15) is 5.56 Å². The fraction of sp³-hybridized carbons (Fsp3) is 0.250. The van der Waals surface area contributed by atoms with Gasteiger partial charge in [-0.3, -0.25) is 0 Å². The summed E-state index contributed by atoms with van der Waals surface area (Å²) in [7, 11) is 1.49. The maximum Gasteiger partial charge on any atom is 0.128 e. The first kappa shape index (κ1) is 8.01. The average Bonchev–Trinajstić information content (AvgIpc) is 2.05. The Morgan fingerprint density at radius 2 is 2.27 bits per heavy atom. The second-order valence-electron chi connectivity index (χ2n) is 2.12. The van der Waals surface area contributed by atoms with E-state index in [-0.39, 0.29) is 12.2 Å². The van der Waals surface area contributed by atoms with Gasteiger partial charge in [0.15, 0.2) is 0 Å². The molecule has 0 saturated heterocycles. The third kappa shape index (κ3) is 1.68. The van der Waals surface area contributed by atoms with E-state index in [2.05, 4.69) is 0 Å². The Hall–Kier alpha value is -1.09. The van der Waals surface area contributed by atoms with E-state index in [4.69, 9.17) is 9.84 Å². The zero-order chi connectivity index (χ0) is 8.27. The molecule has 0 aliphatic rings. The smallest absolute Gasteiger partial charge is 0.128 e. The number of hydrogen-bond donors (Lipinski definition) is 1. The molecular weight excluding hydrogens is 147 g/mol. The minimum absolute atomic E-state index is 0.254. The predicted molar refractivity (Wildman–Crippen MR) is 38.9 cm³/mol. The van der Waals surface area contributed by atoms with E-state index in [1.165, 1.54) is 25.3 Å². The number of aliphatic hydroxyl groups excluding tert-OH is 1. The van der Waals surface area contributed by atoms with Crippen molar-refractivity contribution in [1.29, 1.82) is 0 Å². The van der Waals surface area contributed by atoms with Crippen LogP contribution in [0.2, 0.25) is 0 Å². The fourth-order valence-electron chi connectivity index (χ4n) is 0.799. The molecule has 0 spiro atoms.